The van der Waals surface area contributed by atoms with Gasteiger partial charge in [-0.3, -0.25) is 19.6 Å². The Labute approximate surface area is 193 Å². The van der Waals surface area contributed by atoms with Crippen LogP contribution in [0.25, 0.3) is 11.1 Å². The Morgan fingerprint density at radius 1 is 1.00 bits per heavy atom. The van der Waals surface area contributed by atoms with Crippen molar-refractivity contribution in [1.82, 2.24) is 14.8 Å². The van der Waals surface area contributed by atoms with Crippen LogP contribution in [-0.2, 0) is 10.7 Å². The van der Waals surface area contributed by atoms with E-state index in [4.69, 9.17) is 4.42 Å². The van der Waals surface area contributed by atoms with Crippen molar-refractivity contribution in [3.8, 4) is 0 Å². The smallest absolute Gasteiger partial charge is 0.408 e. The maximum atomic E-state index is 13.1. The van der Waals surface area contributed by atoms with Crippen LogP contribution < -0.4 is 5.76 Å². The summed E-state index contributed by atoms with van der Waals surface area (Å²) >= 11 is 0. The number of likely N-dealkylation sites (tertiary alicyclic amines) is 2. The third-order valence-electron chi connectivity index (χ3n) is 6.99. The number of rotatable bonds is 5. The van der Waals surface area contributed by atoms with Gasteiger partial charge in [0.25, 0.3) is 12.3 Å². The highest BCUT2D eigenvalue weighted by Crippen LogP contribution is 2.35. The van der Waals surface area contributed by atoms with Gasteiger partial charge < -0.3 is 14.6 Å². The number of oxazole rings is 1. The lowest BCUT2D eigenvalue weighted by atomic mass is 9.88. The Morgan fingerprint density at radius 3 is 2.38 bits per heavy atom. The molecule has 1 amide bonds. The molecule has 2 aliphatic rings. The fraction of sp³-hybridized carbons (Fsp3) is 0.417. The second-order valence-corrected chi connectivity index (χ2v) is 8.93. The van der Waals surface area contributed by atoms with Crippen LogP contribution in [0, 0.1) is 0 Å². The van der Waals surface area contributed by atoms with Crippen molar-refractivity contribution < 1.29 is 28.2 Å². The van der Waals surface area contributed by atoms with Crippen molar-refractivity contribution >= 4 is 17.0 Å². The predicted octanol–water partition coefficient (Wildman–Crippen LogP) is 2.63. The minimum atomic E-state index is -2.66. The lowest BCUT2D eigenvalue weighted by molar-refractivity contribution is -0.263. The molecule has 0 radical (unpaired) electrons. The first kappa shape index (κ1) is 22.7. The third-order valence-corrected chi connectivity index (χ3v) is 6.99. The zero-order chi connectivity index (χ0) is 24.0. The highest BCUT2D eigenvalue weighted by atomic mass is 19.3. The molecule has 8 nitrogen and oxygen atoms in total. The number of nitrogens with one attached hydrogen (secondary N) is 1. The molecule has 180 valence electrons. The molecule has 3 heterocycles. The maximum Gasteiger partial charge on any atom is 0.417 e. The van der Waals surface area contributed by atoms with Crippen LogP contribution in [0.4, 0.5) is 8.78 Å². The fourth-order valence-corrected chi connectivity index (χ4v) is 5.08. The number of H-pyrrole nitrogens is 1. The minimum Gasteiger partial charge on any atom is -0.408 e. The van der Waals surface area contributed by atoms with Gasteiger partial charge in [-0.1, -0.05) is 30.3 Å². The summed E-state index contributed by atoms with van der Waals surface area (Å²) in [5.41, 5.74) is 1.99. The fourth-order valence-electron chi connectivity index (χ4n) is 5.08. The summed E-state index contributed by atoms with van der Waals surface area (Å²) in [5, 5.41) is 21.4. The van der Waals surface area contributed by atoms with Gasteiger partial charge in [-0.15, -0.1) is 0 Å². The van der Waals surface area contributed by atoms with Crippen LogP contribution in [0.1, 0.15) is 48.3 Å². The molecule has 0 saturated carbocycles. The van der Waals surface area contributed by atoms with Gasteiger partial charge in [-0.05, 0) is 56.0 Å². The van der Waals surface area contributed by atoms with Gasteiger partial charge in [-0.2, -0.15) is 0 Å². The Hall–Kier alpha value is -3.08. The molecule has 2 aromatic carbocycles. The van der Waals surface area contributed by atoms with Crippen molar-refractivity contribution in [3.63, 3.8) is 0 Å². The highest BCUT2D eigenvalue weighted by molar-refractivity contribution is 5.84. The molecule has 1 atom stereocenters. The number of amides is 1. The standard InChI is InChI=1S/C24H25F2N3O5/c25-21(26)15-1-4-17(5-2-15)24(32,33)29-12-9-19(22(29)30)28-10-7-14(8-11-28)16-3-6-18-20(13-16)34-23(31)27-18/h1-6,13-14,19,21,32-33H,7-12H2,(H,27,31). The lowest BCUT2D eigenvalue weighted by Gasteiger charge is -2.36. The number of nitrogens with zero attached hydrogens (tertiary/aromatic N) is 2. The van der Waals surface area contributed by atoms with E-state index in [1.54, 1.807) is 0 Å². The topological polar surface area (TPSA) is 110 Å². The average Bonchev–Trinajstić information content (AvgIpc) is 3.40. The monoisotopic (exact) mass is 473 g/mol. The molecule has 0 spiro atoms. The normalized spacial score (nSPS) is 20.7. The van der Waals surface area contributed by atoms with Crippen molar-refractivity contribution in [2.75, 3.05) is 19.6 Å². The van der Waals surface area contributed by atoms with Gasteiger partial charge in [0, 0.05) is 17.7 Å². The number of hydrogen-bond donors (Lipinski definition) is 3. The Bertz CT molecular complexity index is 1250. The summed E-state index contributed by atoms with van der Waals surface area (Å²) < 4.78 is 30.8. The summed E-state index contributed by atoms with van der Waals surface area (Å²) in [5.74, 6) is -3.19. The molecule has 1 aromatic heterocycles. The number of fused-ring (bicyclic) bond motifs is 1. The minimum absolute atomic E-state index is 0.0311. The number of benzene rings is 2. The lowest BCUT2D eigenvalue weighted by Crippen LogP contribution is -2.51. The van der Waals surface area contributed by atoms with E-state index in [-0.39, 0.29) is 23.6 Å². The van der Waals surface area contributed by atoms with E-state index in [9.17, 15) is 28.6 Å². The van der Waals surface area contributed by atoms with E-state index in [1.165, 1.54) is 12.1 Å². The molecule has 0 bridgehead atoms. The van der Waals surface area contributed by atoms with Crippen molar-refractivity contribution in [3.05, 3.63) is 69.7 Å². The largest absolute Gasteiger partial charge is 0.417 e. The van der Waals surface area contributed by atoms with E-state index in [0.717, 1.165) is 35.4 Å². The number of carbonyl (C=O) groups excluding carboxylic acids is 1. The quantitative estimate of drug-likeness (QED) is 0.492. The summed E-state index contributed by atoms with van der Waals surface area (Å²) in [6, 6.07) is 9.87. The van der Waals surface area contributed by atoms with Gasteiger partial charge in [0.15, 0.2) is 5.58 Å². The van der Waals surface area contributed by atoms with Gasteiger partial charge in [0.05, 0.1) is 11.6 Å². The van der Waals surface area contributed by atoms with Crippen molar-refractivity contribution in [2.45, 2.75) is 43.6 Å². The number of aromatic amines is 1. The van der Waals surface area contributed by atoms with Crippen molar-refractivity contribution in [2.24, 2.45) is 0 Å². The first-order valence-electron chi connectivity index (χ1n) is 11.3. The molecule has 2 aliphatic heterocycles. The van der Waals surface area contributed by atoms with E-state index in [0.29, 0.717) is 30.6 Å². The number of alkyl halides is 2. The molecule has 10 heteroatoms. The van der Waals surface area contributed by atoms with E-state index in [2.05, 4.69) is 9.88 Å². The van der Waals surface area contributed by atoms with E-state index in [1.807, 2.05) is 18.2 Å². The summed E-state index contributed by atoms with van der Waals surface area (Å²) in [6.45, 7) is 1.48. The van der Waals surface area contributed by atoms with Gasteiger partial charge >= 0.3 is 5.76 Å². The van der Waals surface area contributed by atoms with Crippen LogP contribution in [0.2, 0.25) is 0 Å². The summed E-state index contributed by atoms with van der Waals surface area (Å²) in [6.07, 6.45) is -0.600. The van der Waals surface area contributed by atoms with Crippen LogP contribution in [0.3, 0.4) is 0 Å². The van der Waals surface area contributed by atoms with Crippen molar-refractivity contribution in [1.29, 1.82) is 0 Å². The number of piperidine rings is 1. The Balaban J connectivity index is 1.24. The molecule has 2 fully saturated rings. The summed E-state index contributed by atoms with van der Waals surface area (Å²) in [4.78, 5) is 30.2. The number of carbonyl (C=O) groups is 1. The Morgan fingerprint density at radius 2 is 1.71 bits per heavy atom. The molecule has 3 N–H and O–H groups in total. The average molecular weight is 473 g/mol. The van der Waals surface area contributed by atoms with Crippen LogP contribution in [0.15, 0.2) is 51.7 Å². The molecular formula is C24H25F2N3O5. The van der Waals surface area contributed by atoms with Gasteiger partial charge in [-0.25, -0.2) is 13.6 Å². The number of halogens is 2. The maximum absolute atomic E-state index is 13.1. The SMILES string of the molecule is O=C1C(N2CCC(c3ccc4[nH]c(=O)oc4c3)CC2)CCN1C(O)(O)c1ccc(C(F)F)cc1. The third kappa shape index (κ3) is 4.02. The molecule has 0 aliphatic carbocycles. The zero-order valence-electron chi connectivity index (χ0n) is 18.3. The highest BCUT2D eigenvalue weighted by Gasteiger charge is 2.46. The molecule has 34 heavy (non-hydrogen) atoms. The number of aromatic nitrogens is 1. The molecule has 2 saturated heterocycles. The van der Waals surface area contributed by atoms with Crippen LogP contribution in [-0.4, -0.2) is 56.6 Å². The molecule has 5 rings (SSSR count). The Kier molecular flexibility index (Phi) is 5.75. The summed E-state index contributed by atoms with van der Waals surface area (Å²) in [7, 11) is 0. The second-order valence-electron chi connectivity index (χ2n) is 8.93. The second kappa shape index (κ2) is 8.61. The predicted molar refractivity (Wildman–Crippen MR) is 118 cm³/mol. The van der Waals surface area contributed by atoms with Gasteiger partial charge in [0.1, 0.15) is 0 Å². The molecule has 1 unspecified atom stereocenters. The zero-order valence-corrected chi connectivity index (χ0v) is 18.3. The van der Waals surface area contributed by atoms with Crippen LogP contribution in [0.5, 0.6) is 0 Å². The number of aliphatic hydroxyl groups is 2. The molecular weight excluding hydrogens is 448 g/mol. The molecule has 3 aromatic rings. The first-order chi connectivity index (χ1) is 16.2. The van der Waals surface area contributed by atoms with Crippen LogP contribution >= 0.6 is 0 Å². The first-order valence-corrected chi connectivity index (χ1v) is 11.3. The van der Waals surface area contributed by atoms with E-state index < -0.39 is 30.0 Å². The number of hydrogen-bond acceptors (Lipinski definition) is 6. The van der Waals surface area contributed by atoms with Gasteiger partial charge in [0.2, 0.25) is 5.91 Å². The van der Waals surface area contributed by atoms with E-state index >= 15 is 0 Å².